The molecule has 0 saturated heterocycles. The summed E-state index contributed by atoms with van der Waals surface area (Å²) >= 11 is 0. The number of allylic oxidation sites excluding steroid dienone is 2. The molecule has 16 heavy (non-hydrogen) atoms. The topological polar surface area (TPSA) is 26.3 Å². The average Bonchev–Trinajstić information content (AvgIpc) is 2.54. The predicted octanol–water partition coefficient (Wildman–Crippen LogP) is 3.23. The summed E-state index contributed by atoms with van der Waals surface area (Å²) in [5.41, 5.74) is 0. The summed E-state index contributed by atoms with van der Waals surface area (Å²) < 4.78 is 17.9. The van der Waals surface area contributed by atoms with Crippen LogP contribution in [0.5, 0.6) is 0 Å². The van der Waals surface area contributed by atoms with Crippen molar-refractivity contribution in [3.05, 3.63) is 41.0 Å². The van der Waals surface area contributed by atoms with Crippen molar-refractivity contribution < 1.29 is 8.95 Å². The van der Waals surface area contributed by atoms with Crippen LogP contribution in [0.4, 0.5) is 0 Å². The summed E-state index contributed by atoms with van der Waals surface area (Å²) in [6, 6.07) is 9.58. The number of hydrogen-bond acceptors (Lipinski definition) is 2. The van der Waals surface area contributed by atoms with Crippen LogP contribution in [0.3, 0.4) is 0 Å². The van der Waals surface area contributed by atoms with Crippen molar-refractivity contribution >= 4 is 10.8 Å². The molecule has 0 aromatic heterocycles. The molecule has 1 unspecified atom stereocenters. The van der Waals surface area contributed by atoms with Gasteiger partial charge in [-0.25, -0.2) is 4.21 Å². The monoisotopic (exact) mass is 236 g/mol. The highest BCUT2D eigenvalue weighted by atomic mass is 32.2. The Morgan fingerprint density at radius 2 is 1.94 bits per heavy atom. The van der Waals surface area contributed by atoms with E-state index in [2.05, 4.69) is 0 Å². The molecule has 0 saturated carbocycles. The van der Waals surface area contributed by atoms with Gasteiger partial charge >= 0.3 is 0 Å². The Kier molecular flexibility index (Phi) is 3.78. The van der Waals surface area contributed by atoms with Gasteiger partial charge in [0.05, 0.1) is 22.3 Å². The zero-order valence-electron chi connectivity index (χ0n) is 9.44. The molecule has 3 heteroatoms. The van der Waals surface area contributed by atoms with Gasteiger partial charge in [-0.1, -0.05) is 18.2 Å². The second-order valence-corrected chi connectivity index (χ2v) is 5.37. The minimum Gasteiger partial charge on any atom is -0.497 e. The summed E-state index contributed by atoms with van der Waals surface area (Å²) in [5, 5.41) is 0. The van der Waals surface area contributed by atoms with E-state index in [1.54, 1.807) is 0 Å². The van der Waals surface area contributed by atoms with Gasteiger partial charge in [0.1, 0.15) is 5.76 Å². The first kappa shape index (κ1) is 11.4. The standard InChI is InChI=1S/C13H16O2S/c1-11-13(9-5-6-10-15-11)16(14)12-7-3-2-4-8-12/h2-4,7-8H,5-6,9-10H2,1H3. The number of benzene rings is 1. The SMILES string of the molecule is CC1=C(S(=O)c2ccccc2)CCCCO1. The van der Waals surface area contributed by atoms with Crippen LogP contribution in [0.25, 0.3) is 0 Å². The lowest BCUT2D eigenvalue weighted by Crippen LogP contribution is -1.99. The van der Waals surface area contributed by atoms with Crippen molar-refractivity contribution in [3.8, 4) is 0 Å². The van der Waals surface area contributed by atoms with Crippen molar-refractivity contribution in [2.75, 3.05) is 6.61 Å². The maximum Gasteiger partial charge on any atom is 0.105 e. The summed E-state index contributed by atoms with van der Waals surface area (Å²) in [5.74, 6) is 0.847. The normalized spacial score (nSPS) is 18.8. The number of rotatable bonds is 2. The van der Waals surface area contributed by atoms with Gasteiger partial charge in [0, 0.05) is 4.90 Å². The van der Waals surface area contributed by atoms with Gasteiger partial charge < -0.3 is 4.74 Å². The zero-order valence-corrected chi connectivity index (χ0v) is 10.3. The zero-order chi connectivity index (χ0) is 11.4. The fourth-order valence-electron chi connectivity index (χ4n) is 1.78. The van der Waals surface area contributed by atoms with Crippen molar-refractivity contribution in [3.63, 3.8) is 0 Å². The molecule has 0 fully saturated rings. The van der Waals surface area contributed by atoms with E-state index in [-0.39, 0.29) is 0 Å². The molecule has 0 bridgehead atoms. The first-order valence-electron chi connectivity index (χ1n) is 5.58. The van der Waals surface area contributed by atoms with Gasteiger partial charge in [-0.2, -0.15) is 0 Å². The lowest BCUT2D eigenvalue weighted by Gasteiger charge is -2.08. The molecule has 1 aromatic rings. The Morgan fingerprint density at radius 1 is 1.19 bits per heavy atom. The van der Waals surface area contributed by atoms with Crippen LogP contribution < -0.4 is 0 Å². The largest absolute Gasteiger partial charge is 0.497 e. The average molecular weight is 236 g/mol. The lowest BCUT2D eigenvalue weighted by atomic mass is 10.2. The fraction of sp³-hybridized carbons (Fsp3) is 0.385. The molecule has 1 heterocycles. The summed E-state index contributed by atoms with van der Waals surface area (Å²) in [7, 11) is -1.06. The Balaban J connectivity index is 2.27. The van der Waals surface area contributed by atoms with Crippen LogP contribution in [0.1, 0.15) is 26.2 Å². The summed E-state index contributed by atoms with van der Waals surface area (Å²) in [6.45, 7) is 2.67. The molecule has 0 aliphatic carbocycles. The summed E-state index contributed by atoms with van der Waals surface area (Å²) in [6.07, 6.45) is 2.99. The van der Waals surface area contributed by atoms with E-state index in [0.29, 0.717) is 0 Å². The van der Waals surface area contributed by atoms with E-state index in [9.17, 15) is 4.21 Å². The molecule has 1 aliphatic heterocycles. The fourth-order valence-corrected chi connectivity index (χ4v) is 3.12. The molecule has 1 atom stereocenters. The van der Waals surface area contributed by atoms with Crippen molar-refractivity contribution in [1.29, 1.82) is 0 Å². The van der Waals surface area contributed by atoms with Crippen LogP contribution in [0, 0.1) is 0 Å². The van der Waals surface area contributed by atoms with Gasteiger partial charge in [-0.15, -0.1) is 0 Å². The quantitative estimate of drug-likeness (QED) is 0.788. The third kappa shape index (κ3) is 2.53. The van der Waals surface area contributed by atoms with Crippen LogP contribution in [0.2, 0.25) is 0 Å². The second kappa shape index (κ2) is 5.30. The second-order valence-electron chi connectivity index (χ2n) is 3.87. The molecule has 1 aliphatic rings. The maximum absolute atomic E-state index is 12.3. The van der Waals surface area contributed by atoms with Crippen LogP contribution in [-0.4, -0.2) is 10.8 Å². The van der Waals surface area contributed by atoms with E-state index < -0.39 is 10.8 Å². The minimum absolute atomic E-state index is 0.751. The van der Waals surface area contributed by atoms with Gasteiger partial charge in [0.2, 0.25) is 0 Å². The molecule has 86 valence electrons. The highest BCUT2D eigenvalue weighted by molar-refractivity contribution is 7.89. The molecule has 2 rings (SSSR count). The highest BCUT2D eigenvalue weighted by Gasteiger charge is 2.16. The molecule has 0 amide bonds. The van der Waals surface area contributed by atoms with E-state index in [4.69, 9.17) is 4.74 Å². The van der Waals surface area contributed by atoms with Crippen LogP contribution in [-0.2, 0) is 15.5 Å². The van der Waals surface area contributed by atoms with E-state index in [0.717, 1.165) is 41.4 Å². The molecule has 2 nitrogen and oxygen atoms in total. The first-order chi connectivity index (χ1) is 7.79. The van der Waals surface area contributed by atoms with E-state index in [1.807, 2.05) is 37.3 Å². The highest BCUT2D eigenvalue weighted by Crippen LogP contribution is 2.25. The lowest BCUT2D eigenvalue weighted by molar-refractivity contribution is 0.215. The number of hydrogen-bond donors (Lipinski definition) is 0. The number of ether oxygens (including phenoxy) is 1. The van der Waals surface area contributed by atoms with Crippen molar-refractivity contribution in [2.24, 2.45) is 0 Å². The molecule has 1 aromatic carbocycles. The molecular weight excluding hydrogens is 220 g/mol. The Hall–Kier alpha value is -1.09. The molecule has 0 radical (unpaired) electrons. The third-order valence-corrected chi connectivity index (χ3v) is 4.33. The minimum atomic E-state index is -1.06. The Bertz CT molecular complexity index is 409. The third-order valence-electron chi connectivity index (χ3n) is 2.69. The van der Waals surface area contributed by atoms with Crippen molar-refractivity contribution in [2.45, 2.75) is 31.1 Å². The van der Waals surface area contributed by atoms with Crippen LogP contribution >= 0.6 is 0 Å². The van der Waals surface area contributed by atoms with E-state index in [1.165, 1.54) is 0 Å². The van der Waals surface area contributed by atoms with Gasteiger partial charge in [-0.05, 0) is 38.3 Å². The summed E-state index contributed by atoms with van der Waals surface area (Å²) in [4.78, 5) is 1.81. The molecule has 0 spiro atoms. The molecule has 0 N–H and O–H groups in total. The van der Waals surface area contributed by atoms with E-state index >= 15 is 0 Å². The van der Waals surface area contributed by atoms with Crippen molar-refractivity contribution in [1.82, 2.24) is 0 Å². The van der Waals surface area contributed by atoms with Crippen LogP contribution in [0.15, 0.2) is 45.9 Å². The maximum atomic E-state index is 12.3. The Labute approximate surface area is 98.8 Å². The molecular formula is C13H16O2S. The predicted molar refractivity (Wildman–Crippen MR) is 65.4 cm³/mol. The van der Waals surface area contributed by atoms with Gasteiger partial charge in [-0.3, -0.25) is 0 Å². The first-order valence-corrected chi connectivity index (χ1v) is 6.73. The van der Waals surface area contributed by atoms with Gasteiger partial charge in [0.15, 0.2) is 0 Å². The van der Waals surface area contributed by atoms with Gasteiger partial charge in [0.25, 0.3) is 0 Å². The Morgan fingerprint density at radius 3 is 2.69 bits per heavy atom. The smallest absolute Gasteiger partial charge is 0.105 e.